The zero-order valence-electron chi connectivity index (χ0n) is 35.8. The van der Waals surface area contributed by atoms with Gasteiger partial charge < -0.3 is 24.3 Å². The molecule has 14 heteroatoms. The van der Waals surface area contributed by atoms with Crippen LogP contribution in [-0.4, -0.2) is 94.7 Å². The first kappa shape index (κ1) is 42.0. The predicted octanol–water partition coefficient (Wildman–Crippen LogP) is 6.56. The van der Waals surface area contributed by atoms with Crippen molar-refractivity contribution in [1.29, 1.82) is 5.26 Å². The van der Waals surface area contributed by atoms with Gasteiger partial charge in [0, 0.05) is 65.6 Å². The Balaban J connectivity index is 1.25. The SMILES string of the molecule is CCn1c(-c2cc(C3CCN(C)CC3)cnc2[C@H](C)OC)c2c3cc(ccc31)-c1csc(n1)C[C@H](NC(=O)[C@H]1CCC1C#N)C(=O)N1CCC[C@H](N1)C(=O)OCC(C)(C)C2. The lowest BCUT2D eigenvalue weighted by Crippen LogP contribution is -2.61. The molecular weight excluding hydrogens is 777 g/mol. The topological polar surface area (TPSA) is 155 Å². The van der Waals surface area contributed by atoms with E-state index in [1.165, 1.54) is 21.9 Å². The highest BCUT2D eigenvalue weighted by Crippen LogP contribution is 2.43. The second kappa shape index (κ2) is 17.4. The van der Waals surface area contributed by atoms with Crippen LogP contribution in [0.25, 0.3) is 33.4 Å². The molecule has 13 nitrogen and oxygen atoms in total. The van der Waals surface area contributed by atoms with Crippen LogP contribution in [0.3, 0.4) is 0 Å². The molecule has 60 heavy (non-hydrogen) atoms. The monoisotopic (exact) mass is 834 g/mol. The summed E-state index contributed by atoms with van der Waals surface area (Å²) in [5, 5.41) is 17.8. The Hall–Kier alpha value is -4.68. The average Bonchev–Trinajstić information content (AvgIpc) is 3.83. The maximum atomic E-state index is 14.2. The first-order valence-electron chi connectivity index (χ1n) is 21.6. The number of fused-ring (bicyclic) bond motifs is 6. The normalized spacial score (nSPS) is 24.6. The number of hydrogen-bond acceptors (Lipinski definition) is 11. The number of piperidine rings is 1. The van der Waals surface area contributed by atoms with E-state index in [1.807, 2.05) is 5.38 Å². The lowest BCUT2D eigenvalue weighted by atomic mass is 9.74. The summed E-state index contributed by atoms with van der Waals surface area (Å²) in [5.74, 6) is -1.46. The number of carbonyl (C=O) groups excluding carboxylic acids is 3. The number of aryl methyl sites for hydroxylation is 1. The number of methoxy groups -OCH3 is 1. The van der Waals surface area contributed by atoms with Crippen molar-refractivity contribution in [1.82, 2.24) is 35.2 Å². The largest absolute Gasteiger partial charge is 0.464 e. The van der Waals surface area contributed by atoms with Crippen molar-refractivity contribution in [3.05, 3.63) is 57.7 Å². The average molecular weight is 835 g/mol. The van der Waals surface area contributed by atoms with Gasteiger partial charge in [-0.05, 0) is 114 Å². The first-order chi connectivity index (χ1) is 28.9. The van der Waals surface area contributed by atoms with E-state index in [1.54, 1.807) is 7.11 Å². The fraction of sp³-hybridized carbons (Fsp3) is 0.565. The number of nitrogens with zero attached hydrogens (tertiary/aromatic N) is 6. The second-order valence-electron chi connectivity index (χ2n) is 18.0. The number of nitrogens with one attached hydrogen (secondary N) is 2. The molecule has 8 rings (SSSR count). The van der Waals surface area contributed by atoms with Crippen LogP contribution in [0.2, 0.25) is 0 Å². The van der Waals surface area contributed by atoms with Gasteiger partial charge in [0.25, 0.3) is 5.91 Å². The molecule has 0 radical (unpaired) electrons. The Labute approximate surface area is 356 Å². The van der Waals surface area contributed by atoms with E-state index in [0.717, 1.165) is 77.2 Å². The minimum absolute atomic E-state index is 0.167. The molecule has 0 spiro atoms. The van der Waals surface area contributed by atoms with E-state index >= 15 is 0 Å². The van der Waals surface area contributed by atoms with Crippen LogP contribution in [0.5, 0.6) is 0 Å². The third kappa shape index (κ3) is 8.34. The number of hydrazine groups is 1. The third-order valence-corrected chi connectivity index (χ3v) is 14.1. The summed E-state index contributed by atoms with van der Waals surface area (Å²) in [7, 11) is 3.91. The van der Waals surface area contributed by atoms with Crippen molar-refractivity contribution in [3.63, 3.8) is 0 Å². The number of cyclic esters (lactones) is 1. The minimum Gasteiger partial charge on any atom is -0.464 e. The molecule has 3 aromatic heterocycles. The fourth-order valence-corrected chi connectivity index (χ4v) is 10.3. The van der Waals surface area contributed by atoms with E-state index in [0.29, 0.717) is 49.6 Å². The molecule has 1 aromatic carbocycles. The van der Waals surface area contributed by atoms with E-state index in [9.17, 15) is 19.6 Å². The van der Waals surface area contributed by atoms with Crippen LogP contribution >= 0.6 is 11.3 Å². The molecule has 2 N–H and O–H groups in total. The summed E-state index contributed by atoms with van der Waals surface area (Å²) in [6.45, 7) is 11.9. The van der Waals surface area contributed by atoms with Crippen molar-refractivity contribution >= 4 is 40.0 Å². The van der Waals surface area contributed by atoms with Gasteiger partial charge in [-0.15, -0.1) is 11.3 Å². The van der Waals surface area contributed by atoms with E-state index < -0.39 is 29.4 Å². The van der Waals surface area contributed by atoms with Gasteiger partial charge in [-0.1, -0.05) is 19.9 Å². The summed E-state index contributed by atoms with van der Waals surface area (Å²) in [4.78, 5) is 54.1. The van der Waals surface area contributed by atoms with Gasteiger partial charge in [-0.3, -0.25) is 24.4 Å². The summed E-state index contributed by atoms with van der Waals surface area (Å²) < 4.78 is 14.5. The zero-order valence-corrected chi connectivity index (χ0v) is 36.6. The molecule has 5 atom stereocenters. The number of esters is 1. The van der Waals surface area contributed by atoms with Crippen molar-refractivity contribution in [2.24, 2.45) is 17.3 Å². The highest BCUT2D eigenvalue weighted by atomic mass is 32.1. The van der Waals surface area contributed by atoms with Gasteiger partial charge in [0.2, 0.25) is 5.91 Å². The summed E-state index contributed by atoms with van der Waals surface area (Å²) in [5.41, 5.74) is 10.9. The summed E-state index contributed by atoms with van der Waals surface area (Å²) in [6, 6.07) is 9.44. The fourth-order valence-electron chi connectivity index (χ4n) is 9.44. The molecule has 4 aliphatic rings. The first-order valence-corrected chi connectivity index (χ1v) is 22.5. The Bertz CT molecular complexity index is 2300. The number of benzene rings is 1. The third-order valence-electron chi connectivity index (χ3n) is 13.2. The quantitative estimate of drug-likeness (QED) is 0.196. The standard InChI is InChI=1S/C46H58N8O5S/c1-7-53-39-13-11-29-19-33(39)35(42(53)34-20-31(24-48-41(34)27(2)58-6)28-14-17-52(5)18-15-28)22-46(3,4)26-59-45(57)36-9-8-16-54(51-36)44(56)37(21-40-49-38(29)25-60-40)50-43(55)32-12-10-30(32)23-47/h11,13,19-20,24-25,27-28,30,32,36-37,51H,7-10,12,14-18,21-22,26H2,1-6H3,(H,50,55)/t27-,30?,32-,36-,37-/m0/s1. The highest BCUT2D eigenvalue weighted by molar-refractivity contribution is 7.10. The van der Waals surface area contributed by atoms with E-state index in [2.05, 4.69) is 91.5 Å². The number of hydrogen-bond donors (Lipinski definition) is 2. The zero-order chi connectivity index (χ0) is 42.3. The molecule has 6 heterocycles. The highest BCUT2D eigenvalue weighted by Gasteiger charge is 2.40. The lowest BCUT2D eigenvalue weighted by molar-refractivity contribution is -0.155. The molecule has 3 fully saturated rings. The number of nitriles is 1. The van der Waals surface area contributed by atoms with Crippen LogP contribution < -0.4 is 10.7 Å². The predicted molar refractivity (Wildman–Crippen MR) is 231 cm³/mol. The summed E-state index contributed by atoms with van der Waals surface area (Å²) >= 11 is 1.45. The molecule has 6 bridgehead atoms. The van der Waals surface area contributed by atoms with Crippen molar-refractivity contribution < 1.29 is 23.9 Å². The smallest absolute Gasteiger partial charge is 0.324 e. The Morgan fingerprint density at radius 2 is 1.95 bits per heavy atom. The van der Waals surface area contributed by atoms with Crippen molar-refractivity contribution in [2.75, 3.05) is 40.4 Å². The Morgan fingerprint density at radius 1 is 1.15 bits per heavy atom. The van der Waals surface area contributed by atoms with Crippen LogP contribution in [0.15, 0.2) is 35.8 Å². The van der Waals surface area contributed by atoms with Crippen LogP contribution in [0, 0.1) is 28.6 Å². The maximum Gasteiger partial charge on any atom is 0.324 e. The van der Waals surface area contributed by atoms with Gasteiger partial charge in [0.05, 0.1) is 52.7 Å². The molecule has 318 valence electrons. The number of rotatable bonds is 7. The number of aromatic nitrogens is 3. The van der Waals surface area contributed by atoms with Gasteiger partial charge in [0.15, 0.2) is 0 Å². The number of carbonyl (C=O) groups is 3. The number of ether oxygens (including phenoxy) is 2. The van der Waals surface area contributed by atoms with Crippen molar-refractivity contribution in [2.45, 2.75) is 110 Å². The summed E-state index contributed by atoms with van der Waals surface area (Å²) in [6.07, 6.45) is 7.13. The van der Waals surface area contributed by atoms with Crippen molar-refractivity contribution in [3.8, 4) is 28.6 Å². The van der Waals surface area contributed by atoms with Gasteiger partial charge in [0.1, 0.15) is 12.1 Å². The van der Waals surface area contributed by atoms with Crippen LogP contribution in [0.4, 0.5) is 0 Å². The Kier molecular flexibility index (Phi) is 12.2. The van der Waals surface area contributed by atoms with Gasteiger partial charge in [-0.25, -0.2) is 10.4 Å². The number of amides is 2. The molecule has 1 saturated carbocycles. The minimum atomic E-state index is -0.936. The second-order valence-corrected chi connectivity index (χ2v) is 19.0. The van der Waals surface area contributed by atoms with Crippen LogP contribution in [-0.2, 0) is 43.2 Å². The number of pyridine rings is 1. The molecule has 1 aliphatic carbocycles. The lowest BCUT2D eigenvalue weighted by Gasteiger charge is -2.36. The van der Waals surface area contributed by atoms with Crippen LogP contribution in [0.1, 0.15) is 100 Å². The number of thiazole rings is 1. The molecular formula is C46H58N8O5S. The Morgan fingerprint density at radius 3 is 2.67 bits per heavy atom. The molecule has 2 amide bonds. The number of likely N-dealkylation sites (tertiary alicyclic amines) is 1. The molecule has 3 aliphatic heterocycles. The van der Waals surface area contributed by atoms with Gasteiger partial charge in [-0.2, -0.15) is 5.26 Å². The van der Waals surface area contributed by atoms with Gasteiger partial charge >= 0.3 is 5.97 Å². The van der Waals surface area contributed by atoms with E-state index in [4.69, 9.17) is 19.4 Å². The molecule has 4 aromatic rings. The molecule has 2 saturated heterocycles. The maximum absolute atomic E-state index is 14.2. The molecule has 1 unspecified atom stereocenters. The van der Waals surface area contributed by atoms with E-state index in [-0.39, 0.29) is 36.9 Å².